The van der Waals surface area contributed by atoms with E-state index >= 15 is 0 Å². The first-order valence-corrected chi connectivity index (χ1v) is 6.70. The van der Waals surface area contributed by atoms with Crippen LogP contribution in [-0.2, 0) is 4.79 Å². The number of carbonyl (C=O) groups excluding carboxylic acids is 1. The summed E-state index contributed by atoms with van der Waals surface area (Å²) >= 11 is 0. The Morgan fingerprint density at radius 3 is 2.62 bits per heavy atom. The van der Waals surface area contributed by atoms with Gasteiger partial charge < -0.3 is 10.6 Å². The molecule has 2 aliphatic rings. The van der Waals surface area contributed by atoms with Gasteiger partial charge in [0.05, 0.1) is 0 Å². The molecule has 0 aromatic heterocycles. The second-order valence-corrected chi connectivity index (χ2v) is 5.51. The quantitative estimate of drug-likeness (QED) is 0.760. The van der Waals surface area contributed by atoms with Gasteiger partial charge >= 0.3 is 0 Å². The number of hydrogen-bond acceptors (Lipinski definition) is 2. The predicted octanol–water partition coefficient (Wildman–Crippen LogP) is 1.54. The van der Waals surface area contributed by atoms with Crippen molar-refractivity contribution in [1.29, 1.82) is 0 Å². The van der Waals surface area contributed by atoms with E-state index in [-0.39, 0.29) is 5.91 Å². The smallest absolute Gasteiger partial charge is 0.220 e. The summed E-state index contributed by atoms with van der Waals surface area (Å²) in [6.45, 7) is 6.58. The molecule has 3 unspecified atom stereocenters. The van der Waals surface area contributed by atoms with E-state index in [1.54, 1.807) is 0 Å². The molecule has 3 heteroatoms. The molecule has 1 amide bonds. The zero-order valence-electron chi connectivity index (χ0n) is 10.5. The minimum absolute atomic E-state index is 0.264. The Balaban J connectivity index is 1.74. The lowest BCUT2D eigenvalue weighted by Crippen LogP contribution is -2.46. The molecule has 1 saturated heterocycles. The van der Waals surface area contributed by atoms with E-state index in [2.05, 4.69) is 24.5 Å². The SMILES string of the molecule is CCC1CCC(NC(=O)CC2CNC2)C1C. The van der Waals surface area contributed by atoms with Gasteiger partial charge in [-0.05, 0) is 43.7 Å². The predicted molar refractivity (Wildman–Crippen MR) is 65.1 cm³/mol. The van der Waals surface area contributed by atoms with Gasteiger partial charge in [0.25, 0.3) is 0 Å². The van der Waals surface area contributed by atoms with Gasteiger partial charge in [0.1, 0.15) is 0 Å². The lowest BCUT2D eigenvalue weighted by atomic mass is 9.93. The zero-order valence-corrected chi connectivity index (χ0v) is 10.5. The summed E-state index contributed by atoms with van der Waals surface area (Å²) in [5.41, 5.74) is 0. The minimum Gasteiger partial charge on any atom is -0.353 e. The molecule has 0 aromatic rings. The fourth-order valence-corrected chi connectivity index (χ4v) is 3.05. The normalized spacial score (nSPS) is 34.8. The fourth-order valence-electron chi connectivity index (χ4n) is 3.05. The molecule has 2 fully saturated rings. The van der Waals surface area contributed by atoms with E-state index < -0.39 is 0 Å². The van der Waals surface area contributed by atoms with E-state index in [4.69, 9.17) is 0 Å². The molecule has 0 bridgehead atoms. The molecule has 16 heavy (non-hydrogen) atoms. The lowest BCUT2D eigenvalue weighted by molar-refractivity contribution is -0.123. The van der Waals surface area contributed by atoms with E-state index in [1.165, 1.54) is 19.3 Å². The Labute approximate surface area is 98.4 Å². The molecule has 2 rings (SSSR count). The highest BCUT2D eigenvalue weighted by Crippen LogP contribution is 2.33. The first-order chi connectivity index (χ1) is 7.70. The highest BCUT2D eigenvalue weighted by molar-refractivity contribution is 5.76. The van der Waals surface area contributed by atoms with Crippen molar-refractivity contribution >= 4 is 5.91 Å². The minimum atomic E-state index is 0.264. The van der Waals surface area contributed by atoms with Gasteiger partial charge in [-0.3, -0.25) is 4.79 Å². The molecule has 92 valence electrons. The van der Waals surface area contributed by atoms with Crippen LogP contribution >= 0.6 is 0 Å². The monoisotopic (exact) mass is 224 g/mol. The molecular weight excluding hydrogens is 200 g/mol. The van der Waals surface area contributed by atoms with Crippen molar-refractivity contribution in [3.05, 3.63) is 0 Å². The molecule has 0 aromatic carbocycles. The van der Waals surface area contributed by atoms with Crippen molar-refractivity contribution in [2.45, 2.75) is 45.6 Å². The van der Waals surface area contributed by atoms with Gasteiger partial charge in [0.2, 0.25) is 5.91 Å². The second kappa shape index (κ2) is 5.17. The summed E-state index contributed by atoms with van der Waals surface area (Å²) in [5.74, 6) is 2.32. The van der Waals surface area contributed by atoms with Crippen LogP contribution in [0.3, 0.4) is 0 Å². The Hall–Kier alpha value is -0.570. The van der Waals surface area contributed by atoms with Crippen molar-refractivity contribution in [2.24, 2.45) is 17.8 Å². The molecule has 1 heterocycles. The summed E-state index contributed by atoms with van der Waals surface area (Å²) < 4.78 is 0. The average Bonchev–Trinajstić information content (AvgIpc) is 2.54. The second-order valence-electron chi connectivity index (χ2n) is 5.51. The maximum atomic E-state index is 11.8. The Bertz CT molecular complexity index is 250. The molecule has 0 radical (unpaired) electrons. The Morgan fingerprint density at radius 2 is 2.12 bits per heavy atom. The Kier molecular flexibility index (Phi) is 3.85. The van der Waals surface area contributed by atoms with Crippen LogP contribution in [0, 0.1) is 17.8 Å². The standard InChI is InChI=1S/C13H24N2O/c1-3-11-4-5-12(9(11)2)15-13(16)6-10-7-14-8-10/h9-12,14H,3-8H2,1-2H3,(H,15,16). The van der Waals surface area contributed by atoms with Gasteiger partial charge in [-0.25, -0.2) is 0 Å². The van der Waals surface area contributed by atoms with Crippen LogP contribution in [0.2, 0.25) is 0 Å². The molecular formula is C13H24N2O. The van der Waals surface area contributed by atoms with Crippen molar-refractivity contribution in [2.75, 3.05) is 13.1 Å². The molecule has 0 spiro atoms. The number of hydrogen-bond donors (Lipinski definition) is 2. The highest BCUT2D eigenvalue weighted by atomic mass is 16.1. The van der Waals surface area contributed by atoms with Crippen molar-refractivity contribution in [3.8, 4) is 0 Å². The molecule has 1 aliphatic carbocycles. The summed E-state index contributed by atoms with van der Waals surface area (Å²) in [4.78, 5) is 11.8. The summed E-state index contributed by atoms with van der Waals surface area (Å²) in [6.07, 6.45) is 4.43. The third-order valence-corrected chi connectivity index (χ3v) is 4.44. The van der Waals surface area contributed by atoms with Gasteiger partial charge in [-0.2, -0.15) is 0 Å². The van der Waals surface area contributed by atoms with Crippen LogP contribution in [0.5, 0.6) is 0 Å². The van der Waals surface area contributed by atoms with Crippen LogP contribution in [0.4, 0.5) is 0 Å². The number of nitrogens with one attached hydrogen (secondary N) is 2. The molecule has 2 N–H and O–H groups in total. The highest BCUT2D eigenvalue weighted by Gasteiger charge is 2.32. The van der Waals surface area contributed by atoms with Crippen LogP contribution in [0.15, 0.2) is 0 Å². The molecule has 3 atom stereocenters. The summed E-state index contributed by atoms with van der Waals surface area (Å²) in [7, 11) is 0. The van der Waals surface area contributed by atoms with Crippen LogP contribution in [0.1, 0.15) is 39.5 Å². The van der Waals surface area contributed by atoms with Crippen LogP contribution < -0.4 is 10.6 Å². The van der Waals surface area contributed by atoms with E-state index in [1.807, 2.05) is 0 Å². The van der Waals surface area contributed by atoms with Gasteiger partial charge in [-0.1, -0.05) is 20.3 Å². The number of amides is 1. The first-order valence-electron chi connectivity index (χ1n) is 6.70. The molecule has 3 nitrogen and oxygen atoms in total. The van der Waals surface area contributed by atoms with Crippen molar-refractivity contribution in [1.82, 2.24) is 10.6 Å². The van der Waals surface area contributed by atoms with E-state index in [9.17, 15) is 4.79 Å². The maximum absolute atomic E-state index is 11.8. The van der Waals surface area contributed by atoms with Crippen LogP contribution in [0.25, 0.3) is 0 Å². The Morgan fingerprint density at radius 1 is 1.38 bits per heavy atom. The average molecular weight is 224 g/mol. The van der Waals surface area contributed by atoms with Gasteiger partial charge in [0, 0.05) is 12.5 Å². The molecule has 1 saturated carbocycles. The zero-order chi connectivity index (χ0) is 11.5. The third kappa shape index (κ3) is 2.57. The number of rotatable bonds is 4. The summed E-state index contributed by atoms with van der Waals surface area (Å²) in [5, 5.41) is 6.43. The van der Waals surface area contributed by atoms with Crippen LogP contribution in [-0.4, -0.2) is 25.0 Å². The third-order valence-electron chi connectivity index (χ3n) is 4.44. The van der Waals surface area contributed by atoms with Gasteiger partial charge in [0.15, 0.2) is 0 Å². The largest absolute Gasteiger partial charge is 0.353 e. The first kappa shape index (κ1) is 11.9. The van der Waals surface area contributed by atoms with Crippen molar-refractivity contribution < 1.29 is 4.79 Å². The van der Waals surface area contributed by atoms with E-state index in [0.717, 1.165) is 19.0 Å². The van der Waals surface area contributed by atoms with Gasteiger partial charge in [-0.15, -0.1) is 0 Å². The van der Waals surface area contributed by atoms with E-state index in [0.29, 0.717) is 24.3 Å². The van der Waals surface area contributed by atoms with Crippen molar-refractivity contribution in [3.63, 3.8) is 0 Å². The molecule has 1 aliphatic heterocycles. The summed E-state index contributed by atoms with van der Waals surface area (Å²) in [6, 6.07) is 0.436. The maximum Gasteiger partial charge on any atom is 0.220 e. The topological polar surface area (TPSA) is 41.1 Å². The number of carbonyl (C=O) groups is 1. The lowest BCUT2D eigenvalue weighted by Gasteiger charge is -2.28. The fraction of sp³-hybridized carbons (Fsp3) is 0.923.